The molecule has 0 bridgehead atoms. The fraction of sp³-hybridized carbons (Fsp3) is 0.350. The third-order valence-corrected chi connectivity index (χ3v) is 6.23. The van der Waals surface area contributed by atoms with Gasteiger partial charge in [-0.25, -0.2) is 0 Å². The fourth-order valence-corrected chi connectivity index (χ4v) is 4.43. The minimum absolute atomic E-state index is 0.0478. The van der Waals surface area contributed by atoms with Crippen LogP contribution in [0.25, 0.3) is 0 Å². The molecule has 1 amide bonds. The molecule has 1 N–H and O–H groups in total. The molecule has 1 heterocycles. The summed E-state index contributed by atoms with van der Waals surface area (Å²) in [4.78, 5) is 14.9. The molecule has 138 valence electrons. The first-order valence-corrected chi connectivity index (χ1v) is 10.5. The number of likely N-dealkylation sites (tertiary alicyclic amines) is 1. The van der Waals surface area contributed by atoms with Crippen molar-refractivity contribution in [2.75, 3.05) is 18.4 Å². The zero-order valence-electron chi connectivity index (χ0n) is 14.6. The van der Waals surface area contributed by atoms with Gasteiger partial charge in [-0.2, -0.15) is 0 Å². The second-order valence-corrected chi connectivity index (χ2v) is 8.76. The molecular weight excluding hydrogens is 482 g/mol. The zero-order valence-corrected chi connectivity index (χ0v) is 18.2. The van der Waals surface area contributed by atoms with Crippen LogP contribution in [0, 0.1) is 16.4 Å². The van der Waals surface area contributed by atoms with Gasteiger partial charge in [0.1, 0.15) is 0 Å². The van der Waals surface area contributed by atoms with E-state index in [0.717, 1.165) is 49.3 Å². The molecule has 6 heteroatoms. The summed E-state index contributed by atoms with van der Waals surface area (Å²) in [5.41, 5.74) is 2.96. The average molecular weight is 503 g/mol. The molecule has 0 spiro atoms. The Morgan fingerprint density at radius 2 is 1.85 bits per heavy atom. The highest BCUT2D eigenvalue weighted by atomic mass is 127. The monoisotopic (exact) mass is 502 g/mol. The van der Waals surface area contributed by atoms with Crippen molar-refractivity contribution in [1.82, 2.24) is 4.90 Å². The number of carbonyl (C=O) groups excluding carboxylic acids is 1. The molecule has 0 saturated carbocycles. The number of rotatable bonds is 4. The van der Waals surface area contributed by atoms with Crippen LogP contribution in [0.3, 0.4) is 0 Å². The van der Waals surface area contributed by atoms with Crippen LogP contribution < -0.4 is 5.32 Å². The highest BCUT2D eigenvalue weighted by Crippen LogP contribution is 2.28. The molecule has 2 aromatic rings. The molecule has 0 atom stereocenters. The standard InChI is InChI=1S/C20H21Cl2IN2O/c1-13-11-15(23)5-6-19(13)24-20(26)14-7-9-25(10-8-14)12-16-17(21)3-2-4-18(16)22/h2-6,11,14H,7-10,12H2,1H3,(H,24,26). The summed E-state index contributed by atoms with van der Waals surface area (Å²) >= 11 is 14.8. The number of anilines is 1. The highest BCUT2D eigenvalue weighted by Gasteiger charge is 2.26. The molecule has 0 aromatic heterocycles. The molecule has 1 saturated heterocycles. The third kappa shape index (κ3) is 4.91. The van der Waals surface area contributed by atoms with Crippen molar-refractivity contribution in [2.45, 2.75) is 26.3 Å². The van der Waals surface area contributed by atoms with Gasteiger partial charge in [-0.3, -0.25) is 9.69 Å². The second-order valence-electron chi connectivity index (χ2n) is 6.70. The maximum Gasteiger partial charge on any atom is 0.227 e. The van der Waals surface area contributed by atoms with E-state index in [-0.39, 0.29) is 11.8 Å². The van der Waals surface area contributed by atoms with Gasteiger partial charge in [0.2, 0.25) is 5.91 Å². The predicted molar refractivity (Wildman–Crippen MR) is 117 cm³/mol. The van der Waals surface area contributed by atoms with Crippen LogP contribution >= 0.6 is 45.8 Å². The van der Waals surface area contributed by atoms with Crippen molar-refractivity contribution in [3.8, 4) is 0 Å². The van der Waals surface area contributed by atoms with Gasteiger partial charge in [0, 0.05) is 37.3 Å². The lowest BCUT2D eigenvalue weighted by Crippen LogP contribution is -2.38. The molecule has 1 aliphatic heterocycles. The number of benzene rings is 2. The van der Waals surface area contributed by atoms with Crippen LogP contribution in [-0.2, 0) is 11.3 Å². The van der Waals surface area contributed by atoms with Crippen LogP contribution in [0.4, 0.5) is 5.69 Å². The number of piperidine rings is 1. The van der Waals surface area contributed by atoms with Crippen LogP contribution in [-0.4, -0.2) is 23.9 Å². The Kier molecular flexibility index (Phi) is 6.83. The van der Waals surface area contributed by atoms with Gasteiger partial charge in [0.25, 0.3) is 0 Å². The summed E-state index contributed by atoms with van der Waals surface area (Å²) in [6.45, 7) is 4.48. The van der Waals surface area contributed by atoms with Gasteiger partial charge >= 0.3 is 0 Å². The molecule has 1 fully saturated rings. The van der Waals surface area contributed by atoms with E-state index in [2.05, 4.69) is 38.9 Å². The largest absolute Gasteiger partial charge is 0.326 e. The summed E-state index contributed by atoms with van der Waals surface area (Å²) in [6, 6.07) is 11.7. The van der Waals surface area contributed by atoms with Gasteiger partial charge < -0.3 is 5.32 Å². The van der Waals surface area contributed by atoms with E-state index in [1.54, 1.807) is 0 Å². The number of amides is 1. The van der Waals surface area contributed by atoms with E-state index in [9.17, 15) is 4.79 Å². The normalized spacial score (nSPS) is 15.8. The van der Waals surface area contributed by atoms with E-state index in [1.807, 2.05) is 37.3 Å². The minimum Gasteiger partial charge on any atom is -0.326 e. The molecule has 0 unspecified atom stereocenters. The lowest BCUT2D eigenvalue weighted by atomic mass is 9.95. The van der Waals surface area contributed by atoms with Crippen LogP contribution in [0.15, 0.2) is 36.4 Å². The molecule has 3 rings (SSSR count). The highest BCUT2D eigenvalue weighted by molar-refractivity contribution is 14.1. The van der Waals surface area contributed by atoms with Crippen LogP contribution in [0.1, 0.15) is 24.0 Å². The summed E-state index contributed by atoms with van der Waals surface area (Å²) in [7, 11) is 0. The van der Waals surface area contributed by atoms with Crippen molar-refractivity contribution in [3.05, 3.63) is 61.1 Å². The van der Waals surface area contributed by atoms with E-state index >= 15 is 0 Å². The number of nitrogens with zero attached hydrogens (tertiary/aromatic N) is 1. The first kappa shape index (κ1) is 19.9. The van der Waals surface area contributed by atoms with Crippen molar-refractivity contribution in [2.24, 2.45) is 5.92 Å². The number of halogens is 3. The van der Waals surface area contributed by atoms with Crippen molar-refractivity contribution in [1.29, 1.82) is 0 Å². The maximum atomic E-state index is 12.6. The Morgan fingerprint density at radius 1 is 1.19 bits per heavy atom. The minimum atomic E-state index is 0.0478. The summed E-state index contributed by atoms with van der Waals surface area (Å²) in [6.07, 6.45) is 1.69. The molecule has 2 aromatic carbocycles. The molecule has 0 radical (unpaired) electrons. The van der Waals surface area contributed by atoms with E-state index in [0.29, 0.717) is 10.0 Å². The van der Waals surface area contributed by atoms with Gasteiger partial charge in [-0.15, -0.1) is 0 Å². The Labute approximate surface area is 178 Å². The van der Waals surface area contributed by atoms with E-state index < -0.39 is 0 Å². The van der Waals surface area contributed by atoms with Gasteiger partial charge in [0.15, 0.2) is 0 Å². The lowest BCUT2D eigenvalue weighted by molar-refractivity contribution is -0.121. The maximum absolute atomic E-state index is 12.6. The Morgan fingerprint density at radius 3 is 2.46 bits per heavy atom. The SMILES string of the molecule is Cc1cc(I)ccc1NC(=O)C1CCN(Cc2c(Cl)cccc2Cl)CC1. The first-order chi connectivity index (χ1) is 12.4. The Balaban J connectivity index is 1.55. The van der Waals surface area contributed by atoms with Crippen molar-refractivity contribution >= 4 is 57.4 Å². The number of nitrogens with one attached hydrogen (secondary N) is 1. The van der Waals surface area contributed by atoms with Gasteiger partial charge in [-0.1, -0.05) is 29.3 Å². The Hall–Kier alpha value is -0.820. The van der Waals surface area contributed by atoms with E-state index in [1.165, 1.54) is 3.57 Å². The number of hydrogen-bond acceptors (Lipinski definition) is 2. The summed E-state index contributed by atoms with van der Waals surface area (Å²) in [5, 5.41) is 4.49. The van der Waals surface area contributed by atoms with Crippen LogP contribution in [0.5, 0.6) is 0 Å². The van der Waals surface area contributed by atoms with Crippen LogP contribution in [0.2, 0.25) is 10.0 Å². The van der Waals surface area contributed by atoms with Gasteiger partial charge in [-0.05, 0) is 91.3 Å². The predicted octanol–water partition coefficient (Wildman–Crippen LogP) is 5.76. The fourth-order valence-electron chi connectivity index (χ4n) is 3.26. The summed E-state index contributed by atoms with van der Waals surface area (Å²) in [5.74, 6) is 0.163. The van der Waals surface area contributed by atoms with E-state index in [4.69, 9.17) is 23.2 Å². The molecule has 0 aliphatic carbocycles. The third-order valence-electron chi connectivity index (χ3n) is 4.85. The second kappa shape index (κ2) is 8.91. The van der Waals surface area contributed by atoms with Crippen molar-refractivity contribution in [3.63, 3.8) is 0 Å². The number of carbonyl (C=O) groups is 1. The first-order valence-electron chi connectivity index (χ1n) is 8.66. The lowest BCUT2D eigenvalue weighted by Gasteiger charge is -2.31. The molecule has 3 nitrogen and oxygen atoms in total. The average Bonchev–Trinajstić information content (AvgIpc) is 2.61. The Bertz CT molecular complexity index is 784. The number of aryl methyl sites for hydroxylation is 1. The number of hydrogen-bond donors (Lipinski definition) is 1. The molecular formula is C20H21Cl2IN2O. The summed E-state index contributed by atoms with van der Waals surface area (Å²) < 4.78 is 1.17. The van der Waals surface area contributed by atoms with Gasteiger partial charge in [0.05, 0.1) is 0 Å². The van der Waals surface area contributed by atoms with Crippen molar-refractivity contribution < 1.29 is 4.79 Å². The topological polar surface area (TPSA) is 32.3 Å². The zero-order chi connectivity index (χ0) is 18.7. The molecule has 26 heavy (non-hydrogen) atoms. The smallest absolute Gasteiger partial charge is 0.227 e. The molecule has 1 aliphatic rings. The quantitative estimate of drug-likeness (QED) is 0.539.